The number of carboxylic acids is 1. The summed E-state index contributed by atoms with van der Waals surface area (Å²) in [6, 6.07) is 4.53. The minimum Gasteiger partial charge on any atom is -0.481 e. The van der Waals surface area contributed by atoms with Crippen molar-refractivity contribution in [3.8, 4) is 0 Å². The van der Waals surface area contributed by atoms with Crippen molar-refractivity contribution >= 4 is 23.7 Å². The molecule has 1 N–H and O–H groups in total. The molecule has 1 aromatic carbocycles. The molecule has 0 bridgehead atoms. The highest BCUT2D eigenvalue weighted by Crippen LogP contribution is 2.26. The summed E-state index contributed by atoms with van der Waals surface area (Å²) < 4.78 is 0. The molecule has 3 amide bonds. The second kappa shape index (κ2) is 7.27. The molecule has 2 heterocycles. The lowest BCUT2D eigenvalue weighted by Gasteiger charge is -2.30. The van der Waals surface area contributed by atoms with Gasteiger partial charge in [-0.15, -0.1) is 0 Å². The van der Waals surface area contributed by atoms with Gasteiger partial charge in [0.05, 0.1) is 17.0 Å². The van der Waals surface area contributed by atoms with Crippen molar-refractivity contribution in [1.82, 2.24) is 9.80 Å². The zero-order valence-electron chi connectivity index (χ0n) is 14.7. The Kier molecular flexibility index (Phi) is 5.06. The Bertz CT molecular complexity index is 773. The third kappa shape index (κ3) is 3.21. The average Bonchev–Trinajstić information content (AvgIpc) is 2.89. The predicted molar refractivity (Wildman–Crippen MR) is 93.0 cm³/mol. The van der Waals surface area contributed by atoms with Crippen LogP contribution in [0.1, 0.15) is 63.7 Å². The van der Waals surface area contributed by atoms with E-state index >= 15 is 0 Å². The third-order valence-electron chi connectivity index (χ3n) is 5.01. The van der Waals surface area contributed by atoms with Crippen LogP contribution in [0.5, 0.6) is 0 Å². The number of aliphatic carboxylic acids is 1. The van der Waals surface area contributed by atoms with Crippen molar-refractivity contribution in [3.63, 3.8) is 0 Å². The maximum atomic E-state index is 12.7. The van der Waals surface area contributed by atoms with E-state index < -0.39 is 11.9 Å². The fourth-order valence-electron chi connectivity index (χ4n) is 3.49. The normalized spacial score (nSPS) is 19.7. The molecule has 0 saturated carbocycles. The molecule has 7 heteroatoms. The van der Waals surface area contributed by atoms with Crippen LogP contribution in [0.3, 0.4) is 0 Å². The van der Waals surface area contributed by atoms with E-state index in [2.05, 4.69) is 0 Å². The highest BCUT2D eigenvalue weighted by atomic mass is 16.4. The first-order chi connectivity index (χ1) is 12.4. The first kappa shape index (κ1) is 18.1. The number of fused-ring (bicyclic) bond motifs is 1. The number of piperidine rings is 1. The molecule has 1 saturated heterocycles. The minimum absolute atomic E-state index is 0.167. The summed E-state index contributed by atoms with van der Waals surface area (Å²) in [6.45, 7) is 3.02. The number of hydrogen-bond acceptors (Lipinski definition) is 4. The lowest BCUT2D eigenvalue weighted by atomic mass is 9.97. The molecule has 1 atom stereocenters. The quantitative estimate of drug-likeness (QED) is 0.813. The molecule has 1 fully saturated rings. The molecular formula is C19H22N2O5. The van der Waals surface area contributed by atoms with Gasteiger partial charge >= 0.3 is 5.97 Å². The van der Waals surface area contributed by atoms with E-state index in [9.17, 15) is 24.3 Å². The van der Waals surface area contributed by atoms with Crippen LogP contribution in [0.4, 0.5) is 0 Å². The number of imide groups is 1. The lowest BCUT2D eigenvalue weighted by molar-refractivity contribution is -0.143. The average molecular weight is 358 g/mol. The third-order valence-corrected chi connectivity index (χ3v) is 5.01. The van der Waals surface area contributed by atoms with Crippen molar-refractivity contribution < 1.29 is 24.3 Å². The monoisotopic (exact) mass is 358 g/mol. The number of nitrogens with zero attached hydrogens (tertiary/aromatic N) is 2. The van der Waals surface area contributed by atoms with Gasteiger partial charge in [-0.2, -0.15) is 0 Å². The standard InChI is InChI=1S/C19H22N2O5/c1-2-3-9-21-17(23)14-7-6-12(10-15(14)18(21)24)16(22)20-8-4-5-13(11-20)19(25)26/h6-7,10,13H,2-5,8-9,11H2,1H3,(H,25,26). The Hall–Kier alpha value is -2.70. The maximum absolute atomic E-state index is 12.7. The van der Waals surface area contributed by atoms with Crippen LogP contribution in [0.2, 0.25) is 0 Å². The summed E-state index contributed by atoms with van der Waals surface area (Å²) in [6.07, 6.45) is 2.80. The SMILES string of the molecule is CCCCN1C(=O)c2ccc(C(=O)N3CCCC(C(=O)O)C3)cc2C1=O. The molecule has 26 heavy (non-hydrogen) atoms. The summed E-state index contributed by atoms with van der Waals surface area (Å²) in [7, 11) is 0. The number of carboxylic acid groups (broad SMARTS) is 1. The van der Waals surface area contributed by atoms with Gasteiger partial charge in [0.25, 0.3) is 17.7 Å². The van der Waals surface area contributed by atoms with Crippen LogP contribution >= 0.6 is 0 Å². The van der Waals surface area contributed by atoms with Gasteiger partial charge in [0.1, 0.15) is 0 Å². The summed E-state index contributed by atoms with van der Waals surface area (Å²) in [5.74, 6) is -2.44. The second-order valence-electron chi connectivity index (χ2n) is 6.80. The van der Waals surface area contributed by atoms with Gasteiger partial charge in [-0.05, 0) is 37.5 Å². The van der Waals surface area contributed by atoms with E-state index in [1.165, 1.54) is 21.9 Å². The molecule has 0 spiro atoms. The first-order valence-electron chi connectivity index (χ1n) is 8.96. The first-order valence-corrected chi connectivity index (χ1v) is 8.96. The van der Waals surface area contributed by atoms with E-state index in [1.807, 2.05) is 6.92 Å². The Balaban J connectivity index is 1.81. The topological polar surface area (TPSA) is 95.0 Å². The molecule has 2 aliphatic heterocycles. The largest absolute Gasteiger partial charge is 0.481 e. The number of unbranched alkanes of at least 4 members (excludes halogenated alkanes) is 1. The minimum atomic E-state index is -0.899. The number of likely N-dealkylation sites (tertiary alicyclic amines) is 1. The Morgan fingerprint density at radius 1 is 1.19 bits per heavy atom. The van der Waals surface area contributed by atoms with E-state index in [-0.39, 0.29) is 29.8 Å². The molecule has 7 nitrogen and oxygen atoms in total. The van der Waals surface area contributed by atoms with E-state index in [0.717, 1.165) is 12.8 Å². The van der Waals surface area contributed by atoms with Crippen LogP contribution in [0, 0.1) is 5.92 Å². The van der Waals surface area contributed by atoms with Crippen molar-refractivity contribution in [3.05, 3.63) is 34.9 Å². The van der Waals surface area contributed by atoms with Crippen molar-refractivity contribution in [2.45, 2.75) is 32.6 Å². The van der Waals surface area contributed by atoms with Gasteiger partial charge in [0.15, 0.2) is 0 Å². The second-order valence-corrected chi connectivity index (χ2v) is 6.80. The highest BCUT2D eigenvalue weighted by Gasteiger charge is 2.36. The van der Waals surface area contributed by atoms with E-state index in [1.54, 1.807) is 6.07 Å². The van der Waals surface area contributed by atoms with Crippen LogP contribution in [-0.4, -0.2) is 58.2 Å². The summed E-state index contributed by atoms with van der Waals surface area (Å²) >= 11 is 0. The maximum Gasteiger partial charge on any atom is 0.308 e. The predicted octanol–water partition coefficient (Wildman–Crippen LogP) is 2.02. The fourth-order valence-corrected chi connectivity index (χ4v) is 3.49. The van der Waals surface area contributed by atoms with Gasteiger partial charge in [-0.1, -0.05) is 13.3 Å². The van der Waals surface area contributed by atoms with E-state index in [0.29, 0.717) is 37.1 Å². The van der Waals surface area contributed by atoms with Gasteiger partial charge in [0, 0.05) is 25.2 Å². The molecule has 138 valence electrons. The van der Waals surface area contributed by atoms with Crippen molar-refractivity contribution in [2.75, 3.05) is 19.6 Å². The molecule has 1 unspecified atom stereocenters. The van der Waals surface area contributed by atoms with Crippen LogP contribution in [0.25, 0.3) is 0 Å². The molecular weight excluding hydrogens is 336 g/mol. The van der Waals surface area contributed by atoms with Crippen molar-refractivity contribution in [1.29, 1.82) is 0 Å². The molecule has 1 aromatic rings. The molecule has 2 aliphatic rings. The Morgan fingerprint density at radius 3 is 2.62 bits per heavy atom. The summed E-state index contributed by atoms with van der Waals surface area (Å²) in [4.78, 5) is 51.5. The van der Waals surface area contributed by atoms with Gasteiger partial charge in [-0.25, -0.2) is 0 Å². The van der Waals surface area contributed by atoms with Crippen LogP contribution in [-0.2, 0) is 4.79 Å². The Morgan fingerprint density at radius 2 is 1.92 bits per heavy atom. The number of carbonyl (C=O) groups is 4. The summed E-state index contributed by atoms with van der Waals surface area (Å²) in [5.41, 5.74) is 0.890. The van der Waals surface area contributed by atoms with Gasteiger partial charge in [0.2, 0.25) is 0 Å². The van der Waals surface area contributed by atoms with Crippen LogP contribution < -0.4 is 0 Å². The van der Waals surface area contributed by atoms with Gasteiger partial charge in [-0.3, -0.25) is 24.1 Å². The van der Waals surface area contributed by atoms with Crippen molar-refractivity contribution in [2.24, 2.45) is 5.92 Å². The number of carbonyl (C=O) groups excluding carboxylic acids is 3. The Labute approximate surface area is 151 Å². The number of amides is 3. The molecule has 0 radical (unpaired) electrons. The zero-order chi connectivity index (χ0) is 18.8. The molecule has 3 rings (SSSR count). The van der Waals surface area contributed by atoms with E-state index in [4.69, 9.17) is 0 Å². The summed E-state index contributed by atoms with van der Waals surface area (Å²) in [5, 5.41) is 9.17. The number of benzene rings is 1. The molecule has 0 aliphatic carbocycles. The number of rotatable bonds is 5. The van der Waals surface area contributed by atoms with Crippen LogP contribution in [0.15, 0.2) is 18.2 Å². The smallest absolute Gasteiger partial charge is 0.308 e. The lowest BCUT2D eigenvalue weighted by Crippen LogP contribution is -2.42. The van der Waals surface area contributed by atoms with Gasteiger partial charge < -0.3 is 10.0 Å². The highest BCUT2D eigenvalue weighted by molar-refractivity contribution is 6.22. The zero-order valence-corrected chi connectivity index (χ0v) is 14.7. The number of hydrogen-bond donors (Lipinski definition) is 1. The fraction of sp³-hybridized carbons (Fsp3) is 0.474. The molecule has 0 aromatic heterocycles.